The van der Waals surface area contributed by atoms with E-state index in [2.05, 4.69) is 14.1 Å². The maximum absolute atomic E-state index is 13.1. The third-order valence-corrected chi connectivity index (χ3v) is 7.43. The standard InChI is InChI=1S/C18H24N4O5S2/c23-16(24)9-2-1-3-10-19-18(25)13-6-5-11-22(12-13)29(26,27)15-8-4-7-14-17(15)21-28-20-14/h4,7-8,13H,1-3,5-6,9-12H2,(H,19,25)(H,23,24). The molecule has 0 spiro atoms. The number of piperidine rings is 1. The molecule has 0 bridgehead atoms. The lowest BCUT2D eigenvalue weighted by molar-refractivity contribution is -0.137. The number of carboxylic acid groups (broad SMARTS) is 1. The van der Waals surface area contributed by atoms with Crippen molar-refractivity contribution in [2.75, 3.05) is 19.6 Å². The van der Waals surface area contributed by atoms with Crippen molar-refractivity contribution in [3.05, 3.63) is 18.2 Å². The lowest BCUT2D eigenvalue weighted by Crippen LogP contribution is -2.45. The first-order valence-electron chi connectivity index (χ1n) is 9.60. The van der Waals surface area contributed by atoms with Gasteiger partial charge in [0.15, 0.2) is 0 Å². The van der Waals surface area contributed by atoms with Crippen molar-refractivity contribution in [2.45, 2.75) is 43.4 Å². The highest BCUT2D eigenvalue weighted by molar-refractivity contribution is 7.89. The lowest BCUT2D eigenvalue weighted by atomic mass is 9.99. The van der Waals surface area contributed by atoms with Gasteiger partial charge >= 0.3 is 5.97 Å². The number of aromatic nitrogens is 2. The van der Waals surface area contributed by atoms with Gasteiger partial charge in [-0.25, -0.2) is 8.42 Å². The molecular formula is C18H24N4O5S2. The van der Waals surface area contributed by atoms with Crippen LogP contribution in [0.25, 0.3) is 11.0 Å². The van der Waals surface area contributed by atoms with E-state index >= 15 is 0 Å². The smallest absolute Gasteiger partial charge is 0.303 e. The molecule has 0 saturated carbocycles. The highest BCUT2D eigenvalue weighted by Gasteiger charge is 2.34. The van der Waals surface area contributed by atoms with Crippen molar-refractivity contribution in [3.8, 4) is 0 Å². The molecule has 1 aromatic heterocycles. The van der Waals surface area contributed by atoms with E-state index in [4.69, 9.17) is 5.11 Å². The van der Waals surface area contributed by atoms with Gasteiger partial charge in [-0.1, -0.05) is 12.5 Å². The van der Waals surface area contributed by atoms with Gasteiger partial charge in [-0.05, 0) is 37.8 Å². The first-order chi connectivity index (χ1) is 13.9. The molecule has 2 N–H and O–H groups in total. The van der Waals surface area contributed by atoms with Crippen molar-refractivity contribution in [1.29, 1.82) is 0 Å². The summed E-state index contributed by atoms with van der Waals surface area (Å²) in [6.45, 7) is 0.974. The van der Waals surface area contributed by atoms with Crippen molar-refractivity contribution < 1.29 is 23.1 Å². The molecule has 1 aliphatic rings. The molecule has 1 atom stereocenters. The van der Waals surface area contributed by atoms with Crippen LogP contribution >= 0.6 is 11.7 Å². The summed E-state index contributed by atoms with van der Waals surface area (Å²) in [5, 5.41) is 11.5. The quantitative estimate of drug-likeness (QED) is 0.569. The Hall–Kier alpha value is -2.11. The van der Waals surface area contributed by atoms with Crippen LogP contribution in [-0.2, 0) is 19.6 Å². The second-order valence-corrected chi connectivity index (χ2v) is 9.52. The molecular weight excluding hydrogens is 416 g/mol. The van der Waals surface area contributed by atoms with E-state index in [0.29, 0.717) is 49.8 Å². The lowest BCUT2D eigenvalue weighted by Gasteiger charge is -2.31. The van der Waals surface area contributed by atoms with Crippen LogP contribution in [0.5, 0.6) is 0 Å². The molecule has 2 aromatic rings. The number of hydrogen-bond acceptors (Lipinski definition) is 7. The average molecular weight is 441 g/mol. The minimum Gasteiger partial charge on any atom is -0.481 e. The van der Waals surface area contributed by atoms with Crippen molar-refractivity contribution >= 4 is 44.7 Å². The fourth-order valence-electron chi connectivity index (χ4n) is 3.44. The Kier molecular flexibility index (Phi) is 7.14. The van der Waals surface area contributed by atoms with E-state index in [-0.39, 0.29) is 23.8 Å². The van der Waals surface area contributed by atoms with Gasteiger partial charge in [-0.2, -0.15) is 13.1 Å². The summed E-state index contributed by atoms with van der Waals surface area (Å²) < 4.78 is 35.9. The van der Waals surface area contributed by atoms with Crippen LogP contribution < -0.4 is 5.32 Å². The number of carbonyl (C=O) groups excluding carboxylic acids is 1. The molecule has 2 heterocycles. The molecule has 11 heteroatoms. The molecule has 1 aliphatic heterocycles. The van der Waals surface area contributed by atoms with Gasteiger partial charge in [-0.3, -0.25) is 9.59 Å². The molecule has 1 fully saturated rings. The summed E-state index contributed by atoms with van der Waals surface area (Å²) >= 11 is 0.972. The molecule has 9 nitrogen and oxygen atoms in total. The fraction of sp³-hybridized carbons (Fsp3) is 0.556. The number of rotatable bonds is 9. The maximum Gasteiger partial charge on any atom is 0.303 e. The molecule has 1 saturated heterocycles. The van der Waals surface area contributed by atoms with Crippen LogP contribution in [0.3, 0.4) is 0 Å². The number of aliphatic carboxylic acids is 1. The molecule has 158 valence electrons. The summed E-state index contributed by atoms with van der Waals surface area (Å²) in [6.07, 6.45) is 3.39. The van der Waals surface area contributed by atoms with E-state index in [1.807, 2.05) is 0 Å². The normalized spacial score (nSPS) is 18.0. The van der Waals surface area contributed by atoms with Crippen LogP contribution in [0.15, 0.2) is 23.1 Å². The van der Waals surface area contributed by atoms with Gasteiger partial charge in [0, 0.05) is 26.1 Å². The molecule has 29 heavy (non-hydrogen) atoms. The second-order valence-electron chi connectivity index (χ2n) is 7.09. The summed E-state index contributed by atoms with van der Waals surface area (Å²) in [4.78, 5) is 23.1. The largest absolute Gasteiger partial charge is 0.481 e. The summed E-state index contributed by atoms with van der Waals surface area (Å²) in [5.41, 5.74) is 0.913. The minimum atomic E-state index is -3.76. The van der Waals surface area contributed by atoms with E-state index in [9.17, 15) is 18.0 Å². The Labute approximate surface area is 173 Å². The molecule has 0 aliphatic carbocycles. The predicted octanol–water partition coefficient (Wildman–Crippen LogP) is 1.85. The highest BCUT2D eigenvalue weighted by Crippen LogP contribution is 2.28. The number of nitrogens with one attached hydrogen (secondary N) is 1. The Morgan fingerprint density at radius 1 is 1.24 bits per heavy atom. The van der Waals surface area contributed by atoms with Gasteiger partial charge in [0.1, 0.15) is 15.9 Å². The molecule has 1 aromatic carbocycles. The molecule has 0 radical (unpaired) electrons. The van der Waals surface area contributed by atoms with Gasteiger partial charge in [-0.15, -0.1) is 0 Å². The number of unbranched alkanes of at least 4 members (excludes halogenated alkanes) is 2. The number of benzene rings is 1. The fourth-order valence-corrected chi connectivity index (χ4v) is 5.71. The zero-order valence-corrected chi connectivity index (χ0v) is 17.5. The SMILES string of the molecule is O=C(O)CCCCCNC(=O)C1CCCN(S(=O)(=O)c2cccc3nsnc23)C1. The monoisotopic (exact) mass is 440 g/mol. The van der Waals surface area contributed by atoms with Crippen molar-refractivity contribution in [3.63, 3.8) is 0 Å². The van der Waals surface area contributed by atoms with Gasteiger partial charge in [0.25, 0.3) is 0 Å². The number of sulfonamides is 1. The Bertz CT molecular complexity index is 976. The Morgan fingerprint density at radius 2 is 2.07 bits per heavy atom. The van der Waals surface area contributed by atoms with Gasteiger partial charge in [0.05, 0.1) is 17.6 Å². The topological polar surface area (TPSA) is 130 Å². The second kappa shape index (κ2) is 9.59. The Morgan fingerprint density at radius 3 is 2.86 bits per heavy atom. The number of nitrogens with zero attached hydrogens (tertiary/aromatic N) is 3. The number of carboxylic acids is 1. The van der Waals surface area contributed by atoms with Crippen LogP contribution in [-0.4, -0.2) is 58.1 Å². The molecule has 3 rings (SSSR count). The Balaban J connectivity index is 1.58. The first-order valence-corrected chi connectivity index (χ1v) is 11.8. The average Bonchev–Trinajstić information content (AvgIpc) is 3.19. The zero-order valence-electron chi connectivity index (χ0n) is 15.9. The van der Waals surface area contributed by atoms with Gasteiger partial charge < -0.3 is 10.4 Å². The summed E-state index contributed by atoms with van der Waals surface area (Å²) in [6, 6.07) is 4.90. The third kappa shape index (κ3) is 5.28. The number of amides is 1. The van der Waals surface area contributed by atoms with Crippen LogP contribution in [0.2, 0.25) is 0 Å². The number of fused-ring (bicyclic) bond motifs is 1. The molecule has 1 unspecified atom stereocenters. The zero-order chi connectivity index (χ0) is 20.9. The van der Waals surface area contributed by atoms with Crippen molar-refractivity contribution in [1.82, 2.24) is 18.4 Å². The minimum absolute atomic E-state index is 0.128. The first kappa shape index (κ1) is 21.6. The van der Waals surface area contributed by atoms with E-state index in [1.54, 1.807) is 12.1 Å². The van der Waals surface area contributed by atoms with E-state index < -0.39 is 21.9 Å². The van der Waals surface area contributed by atoms with Crippen molar-refractivity contribution in [2.24, 2.45) is 5.92 Å². The number of carbonyl (C=O) groups is 2. The van der Waals surface area contributed by atoms with Crippen LogP contribution in [0, 0.1) is 5.92 Å². The predicted molar refractivity (Wildman–Crippen MR) is 108 cm³/mol. The highest BCUT2D eigenvalue weighted by atomic mass is 32.2. The third-order valence-electron chi connectivity index (χ3n) is 4.99. The molecule has 1 amide bonds. The van der Waals surface area contributed by atoms with Gasteiger partial charge in [0.2, 0.25) is 15.9 Å². The maximum atomic E-state index is 13.1. The van der Waals surface area contributed by atoms with Crippen LogP contribution in [0.1, 0.15) is 38.5 Å². The van der Waals surface area contributed by atoms with Crippen LogP contribution in [0.4, 0.5) is 0 Å². The number of hydrogen-bond donors (Lipinski definition) is 2. The van der Waals surface area contributed by atoms with E-state index in [0.717, 1.165) is 18.1 Å². The summed E-state index contributed by atoms with van der Waals surface area (Å²) in [7, 11) is -3.76. The summed E-state index contributed by atoms with van der Waals surface area (Å²) in [5.74, 6) is -1.37. The van der Waals surface area contributed by atoms with E-state index in [1.165, 1.54) is 10.4 Å².